The summed E-state index contributed by atoms with van der Waals surface area (Å²) in [6, 6.07) is 13.2. The van der Waals surface area contributed by atoms with E-state index in [0.29, 0.717) is 6.61 Å². The van der Waals surface area contributed by atoms with Gasteiger partial charge in [-0.25, -0.2) is 0 Å². The second kappa shape index (κ2) is 9.39. The normalized spacial score (nSPS) is 14.7. The second-order valence-corrected chi connectivity index (χ2v) is 7.44. The Hall–Kier alpha value is -1.12. The number of hydrogen-bond acceptors (Lipinski definition) is 2. The van der Waals surface area contributed by atoms with E-state index in [9.17, 15) is 0 Å². The number of fused-ring (bicyclic) bond motifs is 2. The number of hydrogen-bond donors (Lipinski definition) is 1. The molecule has 2 aliphatic carbocycles. The summed E-state index contributed by atoms with van der Waals surface area (Å²) in [5, 5.41) is 14.3. The summed E-state index contributed by atoms with van der Waals surface area (Å²) in [5.41, 5.74) is 4.02. The molecule has 0 fully saturated rings. The summed E-state index contributed by atoms with van der Waals surface area (Å²) in [5.74, 6) is 0.866. The molecule has 0 heterocycles. The van der Waals surface area contributed by atoms with Gasteiger partial charge in [0.2, 0.25) is 0 Å². The van der Waals surface area contributed by atoms with Crippen LogP contribution in [0.1, 0.15) is 24.5 Å². The van der Waals surface area contributed by atoms with Gasteiger partial charge in [0, 0.05) is 0 Å². The molecule has 1 N–H and O–H groups in total. The van der Waals surface area contributed by atoms with Crippen LogP contribution in [0.15, 0.2) is 54.3 Å². The maximum absolute atomic E-state index is 8.98. The Morgan fingerprint density at radius 2 is 1.78 bits per heavy atom. The molecule has 27 heavy (non-hydrogen) atoms. The van der Waals surface area contributed by atoms with Crippen LogP contribution >= 0.6 is 0 Å². The molecule has 4 rings (SSSR count). The number of aliphatic hydroxyl groups is 1. The van der Waals surface area contributed by atoms with Gasteiger partial charge in [0.25, 0.3) is 0 Å². The SMILES string of the molecule is CC=c1ccc2c(c1C1=CC(OCCO)=CC1)[C]([Zr+2])=c1ccccc1=2.[Cl-].[Cl-]. The van der Waals surface area contributed by atoms with Gasteiger partial charge in [-0.1, -0.05) is 0 Å². The van der Waals surface area contributed by atoms with E-state index >= 15 is 0 Å². The Labute approximate surface area is 186 Å². The predicted molar refractivity (Wildman–Crippen MR) is 96.2 cm³/mol. The average Bonchev–Trinajstić information content (AvgIpc) is 3.23. The third kappa shape index (κ3) is 3.89. The van der Waals surface area contributed by atoms with Crippen LogP contribution < -0.4 is 35.3 Å². The van der Waals surface area contributed by atoms with Crippen LogP contribution in [0.3, 0.4) is 0 Å². The Balaban J connectivity index is 0.00000131. The van der Waals surface area contributed by atoms with Crippen LogP contribution in [0, 0.1) is 10.4 Å². The van der Waals surface area contributed by atoms with Gasteiger partial charge in [0.05, 0.1) is 0 Å². The van der Waals surface area contributed by atoms with Gasteiger partial charge in [-0.15, -0.1) is 0 Å². The molecule has 2 aromatic carbocycles. The average molecular weight is 478 g/mol. The van der Waals surface area contributed by atoms with E-state index in [1.807, 2.05) is 0 Å². The number of halogens is 2. The summed E-state index contributed by atoms with van der Waals surface area (Å²) in [4.78, 5) is 0. The molecule has 0 radical (unpaired) electrons. The van der Waals surface area contributed by atoms with Gasteiger partial charge < -0.3 is 24.8 Å². The Bertz CT molecular complexity index is 1130. The Morgan fingerprint density at radius 3 is 2.48 bits per heavy atom. The monoisotopic (exact) mass is 475 g/mol. The van der Waals surface area contributed by atoms with Gasteiger partial charge in [-0.3, -0.25) is 0 Å². The fourth-order valence-electron chi connectivity index (χ4n) is 3.70. The van der Waals surface area contributed by atoms with Crippen molar-refractivity contribution in [1.29, 1.82) is 0 Å². The molecule has 137 valence electrons. The molecule has 2 aromatic rings. The van der Waals surface area contributed by atoms with Crippen molar-refractivity contribution in [3.8, 4) is 0 Å². The first-order valence-corrected chi connectivity index (χ1v) is 9.77. The van der Waals surface area contributed by atoms with Crippen molar-refractivity contribution in [2.45, 2.75) is 13.3 Å². The zero-order valence-corrected chi connectivity index (χ0v) is 18.9. The molecule has 0 aromatic heterocycles. The Kier molecular flexibility index (Phi) is 7.71. The summed E-state index contributed by atoms with van der Waals surface area (Å²) >= 11 is 1.44. The smallest absolute Gasteiger partial charge is 1.00 e. The van der Waals surface area contributed by atoms with E-state index in [1.54, 1.807) is 0 Å². The van der Waals surface area contributed by atoms with Crippen LogP contribution in [0.2, 0.25) is 0 Å². The van der Waals surface area contributed by atoms with Crippen LogP contribution in [0.5, 0.6) is 0 Å². The van der Waals surface area contributed by atoms with Gasteiger partial charge in [0.1, 0.15) is 0 Å². The minimum absolute atomic E-state index is 0. The van der Waals surface area contributed by atoms with E-state index in [2.05, 4.69) is 61.5 Å². The molecular weight excluding hydrogens is 458 g/mol. The molecule has 0 amide bonds. The summed E-state index contributed by atoms with van der Waals surface area (Å²) in [6.07, 6.45) is 7.30. The van der Waals surface area contributed by atoms with Gasteiger partial charge in [0.15, 0.2) is 0 Å². The van der Waals surface area contributed by atoms with Gasteiger partial charge in [-0.05, 0) is 0 Å². The number of aliphatic hydroxyl groups excluding tert-OH is 1. The molecule has 0 saturated heterocycles. The van der Waals surface area contributed by atoms with Crippen LogP contribution in [0.4, 0.5) is 0 Å². The van der Waals surface area contributed by atoms with Crippen LogP contribution in [-0.4, -0.2) is 18.3 Å². The molecule has 0 bridgehead atoms. The number of allylic oxidation sites excluding steroid dienone is 3. The predicted octanol–water partition coefficient (Wildman–Crippen LogP) is -3.52. The first-order valence-electron chi connectivity index (χ1n) is 8.54. The molecule has 2 nitrogen and oxygen atoms in total. The molecular formula is C22H19Cl2O2Zr. The van der Waals surface area contributed by atoms with Crippen molar-refractivity contribution in [3.63, 3.8) is 0 Å². The standard InChI is InChI=1S/C22H19O2.2ClH.Zr/c1-2-15-8-10-20-19-6-4-3-5-16(19)14-21(20)22(15)17-7-9-18(13-17)24-12-11-23;;;/h2-6,8-10,13,23H,7,11-12H2,1H3;2*1H;/q;;;+2/p-2. The molecule has 0 aliphatic heterocycles. The van der Waals surface area contributed by atoms with E-state index in [4.69, 9.17) is 9.84 Å². The van der Waals surface area contributed by atoms with E-state index < -0.39 is 0 Å². The fourth-order valence-corrected chi connectivity index (χ4v) is 4.87. The quantitative estimate of drug-likeness (QED) is 0.495. The largest absolute Gasteiger partial charge is 1.00 e. The third-order valence-electron chi connectivity index (χ3n) is 4.81. The third-order valence-corrected chi connectivity index (χ3v) is 6.08. The van der Waals surface area contributed by atoms with Crippen LogP contribution in [-0.2, 0) is 29.5 Å². The topological polar surface area (TPSA) is 29.5 Å². The molecule has 2 aliphatic rings. The fraction of sp³-hybridized carbons (Fsp3) is 0.182. The van der Waals surface area contributed by atoms with Crippen molar-refractivity contribution < 1.29 is 59.4 Å². The van der Waals surface area contributed by atoms with Gasteiger partial charge >= 0.3 is 162 Å². The number of rotatable bonds is 4. The first kappa shape index (κ1) is 22.2. The zero-order valence-electron chi connectivity index (χ0n) is 14.9. The minimum Gasteiger partial charge on any atom is -1.00 e. The molecule has 5 heteroatoms. The maximum atomic E-state index is 8.98. The van der Waals surface area contributed by atoms with Crippen molar-refractivity contribution in [2.24, 2.45) is 0 Å². The second-order valence-electron chi connectivity index (χ2n) is 6.21. The van der Waals surface area contributed by atoms with Crippen molar-refractivity contribution in [1.82, 2.24) is 0 Å². The molecule has 0 spiro atoms. The van der Waals surface area contributed by atoms with E-state index in [1.165, 1.54) is 65.6 Å². The minimum atomic E-state index is 0. The van der Waals surface area contributed by atoms with Gasteiger partial charge in [-0.2, -0.15) is 0 Å². The van der Waals surface area contributed by atoms with E-state index in [0.717, 1.165) is 12.2 Å². The first-order chi connectivity index (χ1) is 12.2. The van der Waals surface area contributed by atoms with Crippen molar-refractivity contribution in [2.75, 3.05) is 13.2 Å². The molecule has 0 unspecified atom stereocenters. The zero-order chi connectivity index (χ0) is 17.4. The number of ether oxygens (including phenoxy) is 1. The maximum Gasteiger partial charge on any atom is -1.00 e. The van der Waals surface area contributed by atoms with Crippen molar-refractivity contribution >= 4 is 14.9 Å². The molecule has 0 saturated carbocycles. The number of benzene rings is 2. The van der Waals surface area contributed by atoms with Crippen LogP contribution in [0.25, 0.3) is 14.9 Å². The summed E-state index contributed by atoms with van der Waals surface area (Å²) in [6.45, 7) is 2.49. The van der Waals surface area contributed by atoms with E-state index in [-0.39, 0.29) is 31.4 Å². The summed E-state index contributed by atoms with van der Waals surface area (Å²) < 4.78 is 7.04. The van der Waals surface area contributed by atoms with Crippen molar-refractivity contribution in [3.05, 3.63) is 86.3 Å². The molecule has 0 atom stereocenters. The Morgan fingerprint density at radius 1 is 1.04 bits per heavy atom. The summed E-state index contributed by atoms with van der Waals surface area (Å²) in [7, 11) is 0.